The van der Waals surface area contributed by atoms with Crippen LogP contribution in [0.15, 0.2) is 24.3 Å². The Balaban J connectivity index is 1.71. The van der Waals surface area contributed by atoms with Crippen LogP contribution in [-0.4, -0.2) is 18.1 Å². The SMILES string of the molecule is Cc1cccc(CNCC2CCSCC2)c1. The van der Waals surface area contributed by atoms with Crippen molar-refractivity contribution in [1.82, 2.24) is 5.32 Å². The summed E-state index contributed by atoms with van der Waals surface area (Å²) in [5.41, 5.74) is 2.76. The predicted octanol–water partition coefficient (Wildman–Crippen LogP) is 3.23. The van der Waals surface area contributed by atoms with Crippen LogP contribution in [0.5, 0.6) is 0 Å². The fraction of sp³-hybridized carbons (Fsp3) is 0.571. The van der Waals surface area contributed by atoms with Crippen LogP contribution in [0.1, 0.15) is 24.0 Å². The fourth-order valence-electron chi connectivity index (χ4n) is 2.19. The van der Waals surface area contributed by atoms with Crippen molar-refractivity contribution in [3.05, 3.63) is 35.4 Å². The van der Waals surface area contributed by atoms with Gasteiger partial charge in [0.2, 0.25) is 0 Å². The van der Waals surface area contributed by atoms with Crippen molar-refractivity contribution in [2.24, 2.45) is 5.92 Å². The second kappa shape index (κ2) is 6.31. The van der Waals surface area contributed by atoms with Gasteiger partial charge < -0.3 is 5.32 Å². The van der Waals surface area contributed by atoms with Gasteiger partial charge in [-0.2, -0.15) is 11.8 Å². The quantitative estimate of drug-likeness (QED) is 0.860. The molecule has 0 atom stereocenters. The van der Waals surface area contributed by atoms with Gasteiger partial charge in [0.25, 0.3) is 0 Å². The van der Waals surface area contributed by atoms with Gasteiger partial charge in [-0.3, -0.25) is 0 Å². The molecule has 1 aliphatic rings. The summed E-state index contributed by atoms with van der Waals surface area (Å²) in [4.78, 5) is 0. The molecule has 16 heavy (non-hydrogen) atoms. The maximum atomic E-state index is 3.59. The van der Waals surface area contributed by atoms with Crippen molar-refractivity contribution in [2.45, 2.75) is 26.3 Å². The Morgan fingerprint density at radius 2 is 2.12 bits per heavy atom. The van der Waals surface area contributed by atoms with Crippen molar-refractivity contribution in [3.8, 4) is 0 Å². The average Bonchev–Trinajstić information content (AvgIpc) is 2.30. The van der Waals surface area contributed by atoms with E-state index in [1.54, 1.807) is 0 Å². The molecule has 1 aliphatic heterocycles. The number of benzene rings is 1. The molecule has 0 saturated carbocycles. The van der Waals surface area contributed by atoms with Crippen LogP contribution in [0.25, 0.3) is 0 Å². The van der Waals surface area contributed by atoms with Gasteiger partial charge in [-0.1, -0.05) is 29.8 Å². The highest BCUT2D eigenvalue weighted by Crippen LogP contribution is 2.21. The van der Waals surface area contributed by atoms with Gasteiger partial charge in [-0.25, -0.2) is 0 Å². The summed E-state index contributed by atoms with van der Waals surface area (Å²) >= 11 is 2.10. The van der Waals surface area contributed by atoms with Crippen LogP contribution in [0.4, 0.5) is 0 Å². The monoisotopic (exact) mass is 235 g/mol. The van der Waals surface area contributed by atoms with Crippen LogP contribution < -0.4 is 5.32 Å². The van der Waals surface area contributed by atoms with Crippen molar-refractivity contribution in [2.75, 3.05) is 18.1 Å². The third-order valence-corrected chi connectivity index (χ3v) is 4.23. The Hall–Kier alpha value is -0.470. The zero-order chi connectivity index (χ0) is 11.2. The minimum absolute atomic E-state index is 0.908. The Labute approximate surface area is 103 Å². The van der Waals surface area contributed by atoms with E-state index in [0.29, 0.717) is 0 Å². The van der Waals surface area contributed by atoms with E-state index in [4.69, 9.17) is 0 Å². The van der Waals surface area contributed by atoms with Gasteiger partial charge >= 0.3 is 0 Å². The second-order valence-corrected chi connectivity index (χ2v) is 5.90. The Kier molecular flexibility index (Phi) is 4.73. The van der Waals surface area contributed by atoms with Crippen LogP contribution in [-0.2, 0) is 6.54 Å². The van der Waals surface area contributed by atoms with E-state index in [0.717, 1.165) is 12.5 Å². The molecule has 0 aliphatic carbocycles. The smallest absolute Gasteiger partial charge is 0.0205 e. The van der Waals surface area contributed by atoms with E-state index in [-0.39, 0.29) is 0 Å². The zero-order valence-electron chi connectivity index (χ0n) is 10.0. The molecule has 0 bridgehead atoms. The highest BCUT2D eigenvalue weighted by Gasteiger charge is 2.12. The molecule has 1 heterocycles. The van der Waals surface area contributed by atoms with E-state index >= 15 is 0 Å². The van der Waals surface area contributed by atoms with E-state index in [1.807, 2.05) is 0 Å². The lowest BCUT2D eigenvalue weighted by molar-refractivity contribution is 0.447. The number of hydrogen-bond donors (Lipinski definition) is 1. The molecule has 1 fully saturated rings. The first-order valence-corrected chi connectivity index (χ1v) is 7.34. The highest BCUT2D eigenvalue weighted by atomic mass is 32.2. The molecular weight excluding hydrogens is 214 g/mol. The molecule has 2 rings (SSSR count). The number of nitrogens with one attached hydrogen (secondary N) is 1. The van der Waals surface area contributed by atoms with Gasteiger partial charge in [-0.05, 0) is 49.3 Å². The van der Waals surface area contributed by atoms with Crippen LogP contribution in [0, 0.1) is 12.8 Å². The van der Waals surface area contributed by atoms with Crippen molar-refractivity contribution < 1.29 is 0 Å². The first-order chi connectivity index (χ1) is 7.84. The number of hydrogen-bond acceptors (Lipinski definition) is 2. The molecule has 1 saturated heterocycles. The van der Waals surface area contributed by atoms with Gasteiger partial charge in [0.15, 0.2) is 0 Å². The lowest BCUT2D eigenvalue weighted by Crippen LogP contribution is -2.25. The summed E-state index contributed by atoms with van der Waals surface area (Å²) in [7, 11) is 0. The third-order valence-electron chi connectivity index (χ3n) is 3.19. The molecule has 1 N–H and O–H groups in total. The molecule has 0 aromatic heterocycles. The summed E-state index contributed by atoms with van der Waals surface area (Å²) in [6.45, 7) is 4.36. The maximum Gasteiger partial charge on any atom is 0.0205 e. The van der Waals surface area contributed by atoms with Crippen LogP contribution in [0.3, 0.4) is 0 Å². The minimum Gasteiger partial charge on any atom is -0.312 e. The first-order valence-electron chi connectivity index (χ1n) is 6.18. The molecule has 1 aromatic carbocycles. The number of rotatable bonds is 4. The molecule has 0 radical (unpaired) electrons. The van der Waals surface area contributed by atoms with Crippen molar-refractivity contribution >= 4 is 11.8 Å². The summed E-state index contributed by atoms with van der Waals surface area (Å²) in [6.07, 6.45) is 2.79. The molecular formula is C14H21NS. The summed E-state index contributed by atoms with van der Waals surface area (Å²) in [5.74, 6) is 3.62. The molecule has 2 heteroatoms. The number of thioether (sulfide) groups is 1. The van der Waals surface area contributed by atoms with E-state index < -0.39 is 0 Å². The van der Waals surface area contributed by atoms with E-state index in [1.165, 1.54) is 42.0 Å². The number of aryl methyl sites for hydroxylation is 1. The van der Waals surface area contributed by atoms with Crippen molar-refractivity contribution in [1.29, 1.82) is 0 Å². The van der Waals surface area contributed by atoms with Crippen molar-refractivity contribution in [3.63, 3.8) is 0 Å². The first kappa shape index (κ1) is 12.0. The summed E-state index contributed by atoms with van der Waals surface area (Å²) < 4.78 is 0. The lowest BCUT2D eigenvalue weighted by atomic mass is 10.0. The Morgan fingerprint density at radius 3 is 2.88 bits per heavy atom. The second-order valence-electron chi connectivity index (χ2n) is 4.68. The topological polar surface area (TPSA) is 12.0 Å². The largest absolute Gasteiger partial charge is 0.312 e. The average molecular weight is 235 g/mol. The van der Waals surface area contributed by atoms with Gasteiger partial charge in [0, 0.05) is 6.54 Å². The zero-order valence-corrected chi connectivity index (χ0v) is 10.9. The third kappa shape index (κ3) is 3.84. The predicted molar refractivity (Wildman–Crippen MR) is 72.9 cm³/mol. The highest BCUT2D eigenvalue weighted by molar-refractivity contribution is 7.99. The molecule has 0 amide bonds. The molecule has 1 aromatic rings. The molecule has 0 spiro atoms. The Bertz CT molecular complexity index is 318. The van der Waals surface area contributed by atoms with Gasteiger partial charge in [0.05, 0.1) is 0 Å². The lowest BCUT2D eigenvalue weighted by Gasteiger charge is -2.21. The normalized spacial score (nSPS) is 17.6. The molecule has 88 valence electrons. The standard InChI is InChI=1S/C14H21NS/c1-12-3-2-4-14(9-12)11-15-10-13-5-7-16-8-6-13/h2-4,9,13,15H,5-8,10-11H2,1H3. The maximum absolute atomic E-state index is 3.59. The van der Waals surface area contributed by atoms with Crippen LogP contribution in [0.2, 0.25) is 0 Å². The van der Waals surface area contributed by atoms with E-state index in [2.05, 4.69) is 48.3 Å². The fourth-order valence-corrected chi connectivity index (χ4v) is 3.40. The van der Waals surface area contributed by atoms with E-state index in [9.17, 15) is 0 Å². The van der Waals surface area contributed by atoms with Crippen LogP contribution >= 0.6 is 11.8 Å². The van der Waals surface area contributed by atoms with Gasteiger partial charge in [0.1, 0.15) is 0 Å². The van der Waals surface area contributed by atoms with Gasteiger partial charge in [-0.15, -0.1) is 0 Å². The summed E-state index contributed by atoms with van der Waals surface area (Å²) in [5, 5.41) is 3.59. The molecule has 1 nitrogen and oxygen atoms in total. The Morgan fingerprint density at radius 1 is 1.31 bits per heavy atom. The molecule has 0 unspecified atom stereocenters. The summed E-state index contributed by atoms with van der Waals surface area (Å²) in [6, 6.07) is 8.77. The minimum atomic E-state index is 0.908.